The fourth-order valence-corrected chi connectivity index (χ4v) is 4.46. The molecular formula is C28H32N2O6S. The van der Waals surface area contributed by atoms with Crippen molar-refractivity contribution in [3.8, 4) is 16.9 Å². The summed E-state index contributed by atoms with van der Waals surface area (Å²) in [5, 5.41) is 2.66. The first kappa shape index (κ1) is 27.9. The van der Waals surface area contributed by atoms with Gasteiger partial charge in [-0.25, -0.2) is 13.8 Å². The molecule has 37 heavy (non-hydrogen) atoms. The van der Waals surface area contributed by atoms with Gasteiger partial charge in [0.15, 0.2) is 0 Å². The van der Waals surface area contributed by atoms with Gasteiger partial charge in [-0.2, -0.15) is 0 Å². The molecule has 9 heteroatoms. The zero-order valence-electron chi connectivity index (χ0n) is 21.5. The molecule has 2 N–H and O–H groups in total. The molecule has 0 aliphatic heterocycles. The molecule has 3 rings (SSSR count). The number of hydrogen-bond acceptors (Lipinski definition) is 5. The van der Waals surface area contributed by atoms with Crippen molar-refractivity contribution in [2.45, 2.75) is 46.3 Å². The van der Waals surface area contributed by atoms with E-state index in [0.29, 0.717) is 17.1 Å². The lowest BCUT2D eigenvalue weighted by molar-refractivity contribution is -0.157. The average Bonchev–Trinajstić information content (AvgIpc) is 2.82. The van der Waals surface area contributed by atoms with E-state index in [1.54, 1.807) is 95.3 Å². The van der Waals surface area contributed by atoms with Crippen LogP contribution in [-0.2, 0) is 20.8 Å². The summed E-state index contributed by atoms with van der Waals surface area (Å²) in [4.78, 5) is 25.0. The van der Waals surface area contributed by atoms with Crippen LogP contribution >= 0.6 is 0 Å². The number of anilines is 2. The first-order valence-corrected chi connectivity index (χ1v) is 12.9. The summed E-state index contributed by atoms with van der Waals surface area (Å²) in [5.41, 5.74) is 2.01. The highest BCUT2D eigenvalue weighted by Gasteiger charge is 2.36. The second kappa shape index (κ2) is 12.0. The molecule has 0 saturated heterocycles. The summed E-state index contributed by atoms with van der Waals surface area (Å²) in [6.45, 7) is 8.86. The van der Waals surface area contributed by atoms with Crippen molar-refractivity contribution < 1.29 is 27.8 Å². The second-order valence-electron chi connectivity index (χ2n) is 9.73. The second-order valence-corrected chi connectivity index (χ2v) is 10.6. The van der Waals surface area contributed by atoms with Crippen LogP contribution in [0.2, 0.25) is 0 Å². The number of amides is 1. The van der Waals surface area contributed by atoms with E-state index in [0.717, 1.165) is 15.4 Å². The number of ether oxygens (including phenoxy) is 2. The number of carbonyl (C=O) groups is 2. The van der Waals surface area contributed by atoms with Gasteiger partial charge in [0.25, 0.3) is 11.3 Å². The first-order valence-electron chi connectivity index (χ1n) is 11.8. The maximum absolute atomic E-state index is 12.9. The maximum Gasteiger partial charge on any atom is 0.417 e. The Morgan fingerprint density at radius 2 is 1.43 bits per heavy atom. The summed E-state index contributed by atoms with van der Waals surface area (Å²) in [5.74, 6) is -0.467. The van der Waals surface area contributed by atoms with E-state index in [9.17, 15) is 18.4 Å². The Morgan fingerprint density at radius 1 is 0.892 bits per heavy atom. The van der Waals surface area contributed by atoms with Crippen molar-refractivity contribution >= 4 is 34.7 Å². The Hall–Kier alpha value is -3.69. The molecule has 3 aromatic carbocycles. The minimum atomic E-state index is -2.45. The third kappa shape index (κ3) is 7.90. The third-order valence-corrected chi connectivity index (χ3v) is 6.02. The minimum Gasteiger partial charge on any atom is -0.458 e. The van der Waals surface area contributed by atoms with Crippen LogP contribution in [0.5, 0.6) is 5.75 Å². The monoisotopic (exact) mass is 524 g/mol. The van der Waals surface area contributed by atoms with E-state index < -0.39 is 35.0 Å². The van der Waals surface area contributed by atoms with Crippen molar-refractivity contribution in [3.05, 3.63) is 78.9 Å². The van der Waals surface area contributed by atoms with Crippen LogP contribution in [0.3, 0.4) is 0 Å². The highest BCUT2D eigenvalue weighted by Crippen LogP contribution is 2.29. The van der Waals surface area contributed by atoms with Crippen LogP contribution in [0.25, 0.3) is 11.1 Å². The van der Waals surface area contributed by atoms with Gasteiger partial charge in [-0.05, 0) is 74.2 Å². The van der Waals surface area contributed by atoms with E-state index >= 15 is 0 Å². The van der Waals surface area contributed by atoms with Gasteiger partial charge in [0.05, 0.1) is 5.69 Å². The molecule has 8 nitrogen and oxygen atoms in total. The SMILES string of the molecule is CC(C)C(C(=O)OC(C)(C)C)N(c1ccc(-c2ccc(OC(=O)Nc3ccccc3)cc2)cc1)S(=O)O. The molecule has 0 aliphatic carbocycles. The fourth-order valence-electron chi connectivity index (χ4n) is 3.64. The lowest BCUT2D eigenvalue weighted by Gasteiger charge is -2.33. The highest BCUT2D eigenvalue weighted by atomic mass is 32.2. The molecule has 196 valence electrons. The standard InChI is InChI=1S/C28H32N2O6S/c1-19(2)25(26(31)36-28(3,4)5)30(37(33)34)23-15-11-20(12-16-23)21-13-17-24(18-14-21)35-27(32)29-22-9-7-6-8-10-22/h6-19,25H,1-5H3,(H,29,32)(H,33,34). The van der Waals surface area contributed by atoms with E-state index in [2.05, 4.69) is 5.32 Å². The lowest BCUT2D eigenvalue weighted by Crippen LogP contribution is -2.48. The zero-order valence-corrected chi connectivity index (χ0v) is 22.3. The topological polar surface area (TPSA) is 105 Å². The third-order valence-electron chi connectivity index (χ3n) is 5.24. The van der Waals surface area contributed by atoms with Crippen molar-refractivity contribution in [1.29, 1.82) is 0 Å². The number of nitrogens with zero attached hydrogens (tertiary/aromatic N) is 1. The number of hydrogen-bond donors (Lipinski definition) is 2. The predicted octanol–water partition coefficient (Wildman–Crippen LogP) is 6.27. The average molecular weight is 525 g/mol. The van der Waals surface area contributed by atoms with Gasteiger partial charge < -0.3 is 9.47 Å². The summed E-state index contributed by atoms with van der Waals surface area (Å²) in [6, 6.07) is 22.0. The smallest absolute Gasteiger partial charge is 0.417 e. The number of rotatable bonds is 8. The number of benzene rings is 3. The molecular weight excluding hydrogens is 492 g/mol. The zero-order chi connectivity index (χ0) is 27.2. The Kier molecular flexibility index (Phi) is 9.07. The maximum atomic E-state index is 12.9. The normalized spacial score (nSPS) is 12.9. The van der Waals surface area contributed by atoms with E-state index in [1.807, 2.05) is 18.2 Å². The molecule has 0 heterocycles. The molecule has 1 amide bonds. The number of nitrogens with one attached hydrogen (secondary N) is 1. The first-order chi connectivity index (χ1) is 17.4. The Balaban J connectivity index is 1.74. The molecule has 0 saturated carbocycles. The van der Waals surface area contributed by atoms with Gasteiger partial charge in [-0.3, -0.25) is 14.2 Å². The molecule has 2 unspecified atom stereocenters. The van der Waals surface area contributed by atoms with Crippen molar-refractivity contribution in [2.24, 2.45) is 5.92 Å². The highest BCUT2D eigenvalue weighted by molar-refractivity contribution is 7.80. The van der Waals surface area contributed by atoms with Gasteiger partial charge in [0.1, 0.15) is 17.4 Å². The van der Waals surface area contributed by atoms with Gasteiger partial charge >= 0.3 is 12.1 Å². The fraction of sp³-hybridized carbons (Fsp3) is 0.286. The quantitative estimate of drug-likeness (QED) is 0.266. The van der Waals surface area contributed by atoms with Gasteiger partial charge in [-0.15, -0.1) is 0 Å². The van der Waals surface area contributed by atoms with E-state index in [1.165, 1.54) is 0 Å². The lowest BCUT2D eigenvalue weighted by atomic mass is 10.0. The molecule has 2 atom stereocenters. The van der Waals surface area contributed by atoms with Gasteiger partial charge in [-0.1, -0.05) is 56.3 Å². The van der Waals surface area contributed by atoms with Crippen LogP contribution in [0.1, 0.15) is 34.6 Å². The number of esters is 1. The molecule has 0 aromatic heterocycles. The van der Waals surface area contributed by atoms with Crippen molar-refractivity contribution in [3.63, 3.8) is 0 Å². The predicted molar refractivity (Wildman–Crippen MR) is 146 cm³/mol. The van der Waals surface area contributed by atoms with Crippen LogP contribution in [-0.4, -0.2) is 32.5 Å². The molecule has 0 fully saturated rings. The number of para-hydroxylation sites is 1. The molecule has 0 bridgehead atoms. The van der Waals surface area contributed by atoms with Crippen molar-refractivity contribution in [2.75, 3.05) is 9.62 Å². The summed E-state index contributed by atoms with van der Waals surface area (Å²) >= 11 is -2.45. The molecule has 0 spiro atoms. The van der Waals surface area contributed by atoms with Gasteiger partial charge in [0.2, 0.25) is 0 Å². The Morgan fingerprint density at radius 3 is 1.92 bits per heavy atom. The van der Waals surface area contributed by atoms with E-state index in [4.69, 9.17) is 9.47 Å². The summed E-state index contributed by atoms with van der Waals surface area (Å²) in [6.07, 6.45) is -0.593. The van der Waals surface area contributed by atoms with Crippen LogP contribution in [0.15, 0.2) is 78.9 Å². The molecule has 3 aromatic rings. The number of carbonyl (C=O) groups excluding carboxylic acids is 2. The molecule has 0 aliphatic rings. The Labute approximate surface area is 220 Å². The van der Waals surface area contributed by atoms with Crippen LogP contribution < -0.4 is 14.4 Å². The minimum absolute atomic E-state index is 0.280. The van der Waals surface area contributed by atoms with Crippen LogP contribution in [0, 0.1) is 5.92 Å². The summed E-state index contributed by atoms with van der Waals surface area (Å²) in [7, 11) is 0. The summed E-state index contributed by atoms with van der Waals surface area (Å²) < 4.78 is 34.4. The van der Waals surface area contributed by atoms with Crippen LogP contribution in [0.4, 0.5) is 16.2 Å². The molecule has 0 radical (unpaired) electrons. The van der Waals surface area contributed by atoms with Crippen molar-refractivity contribution in [1.82, 2.24) is 0 Å². The largest absolute Gasteiger partial charge is 0.458 e. The van der Waals surface area contributed by atoms with E-state index in [-0.39, 0.29) is 5.92 Å². The Bertz CT molecular complexity index is 1220. The van der Waals surface area contributed by atoms with Gasteiger partial charge in [0, 0.05) is 5.69 Å².